The molecule has 9 heteroatoms. The van der Waals surface area contributed by atoms with Crippen molar-refractivity contribution >= 4 is 17.8 Å². The number of hydrogen-bond acceptors (Lipinski definition) is 3. The van der Waals surface area contributed by atoms with E-state index in [0.29, 0.717) is 19.4 Å². The third kappa shape index (κ3) is 4.42. The maximum atomic E-state index is 12.0. The molecule has 3 N–H and O–H groups in total. The van der Waals surface area contributed by atoms with E-state index in [-0.39, 0.29) is 6.42 Å². The molecule has 0 bridgehead atoms. The van der Waals surface area contributed by atoms with Crippen molar-refractivity contribution in [3.05, 3.63) is 0 Å². The van der Waals surface area contributed by atoms with E-state index in [9.17, 15) is 27.6 Å². The lowest BCUT2D eigenvalue weighted by atomic mass is 9.91. The number of halogens is 3. The van der Waals surface area contributed by atoms with Crippen LogP contribution >= 0.6 is 0 Å². The first-order valence-corrected chi connectivity index (χ1v) is 5.60. The first-order chi connectivity index (χ1) is 8.71. The number of carbonyl (C=O) groups is 3. The minimum Gasteiger partial charge on any atom is -0.480 e. The van der Waals surface area contributed by atoms with Crippen molar-refractivity contribution in [1.29, 1.82) is 0 Å². The van der Waals surface area contributed by atoms with Crippen LogP contribution < -0.4 is 10.6 Å². The second-order valence-corrected chi connectivity index (χ2v) is 4.23. The van der Waals surface area contributed by atoms with Crippen LogP contribution in [0, 0.1) is 5.92 Å². The van der Waals surface area contributed by atoms with E-state index in [1.54, 1.807) is 0 Å². The molecule has 1 aliphatic rings. The monoisotopic (exact) mass is 282 g/mol. The summed E-state index contributed by atoms with van der Waals surface area (Å²) in [4.78, 5) is 32.9. The molecular weight excluding hydrogens is 269 g/mol. The van der Waals surface area contributed by atoms with Gasteiger partial charge in [0.05, 0.1) is 0 Å². The van der Waals surface area contributed by atoms with Gasteiger partial charge in [0.25, 0.3) is 0 Å². The molecule has 0 aliphatic carbocycles. The Morgan fingerprint density at radius 3 is 2.58 bits per heavy atom. The van der Waals surface area contributed by atoms with Crippen molar-refractivity contribution in [2.45, 2.75) is 31.5 Å². The number of amides is 2. The Hall–Kier alpha value is -1.80. The molecule has 0 aromatic heterocycles. The Bertz CT molecular complexity index is 383. The van der Waals surface area contributed by atoms with Gasteiger partial charge in [-0.05, 0) is 19.3 Å². The molecule has 1 saturated heterocycles. The third-order valence-corrected chi connectivity index (χ3v) is 2.78. The Morgan fingerprint density at radius 2 is 2.11 bits per heavy atom. The normalized spacial score (nSPS) is 21.4. The van der Waals surface area contributed by atoms with E-state index < -0.39 is 35.9 Å². The molecule has 0 radical (unpaired) electrons. The lowest BCUT2D eigenvalue weighted by Gasteiger charge is -2.25. The van der Waals surface area contributed by atoms with Crippen LogP contribution in [0.2, 0.25) is 0 Å². The molecule has 2 unspecified atom stereocenters. The van der Waals surface area contributed by atoms with Crippen molar-refractivity contribution in [2.24, 2.45) is 5.92 Å². The smallest absolute Gasteiger partial charge is 0.471 e. The zero-order chi connectivity index (χ0) is 14.6. The molecular formula is C10H13F3N2O4. The summed E-state index contributed by atoms with van der Waals surface area (Å²) < 4.78 is 36.1. The number of hydrogen-bond donors (Lipinski definition) is 3. The van der Waals surface area contributed by atoms with E-state index in [4.69, 9.17) is 5.11 Å². The van der Waals surface area contributed by atoms with Gasteiger partial charge in [-0.25, -0.2) is 4.79 Å². The minimum absolute atomic E-state index is 0.358. The van der Waals surface area contributed by atoms with Crippen LogP contribution in [0.4, 0.5) is 13.2 Å². The molecule has 0 spiro atoms. The van der Waals surface area contributed by atoms with Crippen molar-refractivity contribution < 1.29 is 32.7 Å². The van der Waals surface area contributed by atoms with Crippen molar-refractivity contribution in [3.8, 4) is 0 Å². The van der Waals surface area contributed by atoms with Crippen LogP contribution in [0.25, 0.3) is 0 Å². The highest BCUT2D eigenvalue weighted by atomic mass is 19.4. The average Bonchev–Trinajstić information content (AvgIpc) is 2.29. The summed E-state index contributed by atoms with van der Waals surface area (Å²) >= 11 is 0. The van der Waals surface area contributed by atoms with E-state index in [1.165, 1.54) is 5.32 Å². The molecule has 0 aromatic carbocycles. The predicted molar refractivity (Wildman–Crippen MR) is 56.0 cm³/mol. The van der Waals surface area contributed by atoms with Gasteiger partial charge in [0, 0.05) is 12.5 Å². The van der Waals surface area contributed by atoms with Gasteiger partial charge in [-0.3, -0.25) is 9.59 Å². The summed E-state index contributed by atoms with van der Waals surface area (Å²) in [6.07, 6.45) is -4.50. The van der Waals surface area contributed by atoms with E-state index in [0.717, 1.165) is 0 Å². The van der Waals surface area contributed by atoms with Crippen LogP contribution in [-0.4, -0.2) is 41.7 Å². The molecule has 2 atom stereocenters. The number of piperidine rings is 1. The van der Waals surface area contributed by atoms with Crippen LogP contribution in [0.5, 0.6) is 0 Å². The first kappa shape index (κ1) is 15.3. The average molecular weight is 282 g/mol. The second kappa shape index (κ2) is 5.89. The largest absolute Gasteiger partial charge is 0.480 e. The van der Waals surface area contributed by atoms with Crippen LogP contribution in [0.15, 0.2) is 0 Å². The number of carboxylic acids is 1. The quantitative estimate of drug-likeness (QED) is 0.678. The summed E-state index contributed by atoms with van der Waals surface area (Å²) in [6.45, 7) is 0.460. The van der Waals surface area contributed by atoms with Gasteiger partial charge in [-0.1, -0.05) is 0 Å². The number of carbonyl (C=O) groups excluding carboxylic acids is 2. The lowest BCUT2D eigenvalue weighted by Crippen LogP contribution is -2.49. The summed E-state index contributed by atoms with van der Waals surface area (Å²) in [6, 6.07) is -1.73. The van der Waals surface area contributed by atoms with Crippen molar-refractivity contribution in [2.75, 3.05) is 6.54 Å². The highest BCUT2D eigenvalue weighted by Crippen LogP contribution is 2.19. The SMILES string of the molecule is O=C1NCCCC1CC(NC(=O)C(F)(F)F)C(=O)O. The Kier molecular flexibility index (Phi) is 4.73. The Morgan fingerprint density at radius 1 is 1.47 bits per heavy atom. The predicted octanol–water partition coefficient (Wildman–Crippen LogP) is 0.0344. The molecule has 1 fully saturated rings. The number of nitrogens with one attached hydrogen (secondary N) is 2. The summed E-state index contributed by atoms with van der Waals surface area (Å²) in [7, 11) is 0. The van der Waals surface area contributed by atoms with Crippen molar-refractivity contribution in [3.63, 3.8) is 0 Å². The zero-order valence-electron chi connectivity index (χ0n) is 9.79. The fraction of sp³-hybridized carbons (Fsp3) is 0.700. The first-order valence-electron chi connectivity index (χ1n) is 5.60. The van der Waals surface area contributed by atoms with Gasteiger partial charge in [0.1, 0.15) is 6.04 Å². The molecule has 108 valence electrons. The van der Waals surface area contributed by atoms with Gasteiger partial charge in [0.2, 0.25) is 5.91 Å². The van der Waals surface area contributed by atoms with Crippen LogP contribution in [0.1, 0.15) is 19.3 Å². The van der Waals surface area contributed by atoms with Gasteiger partial charge in [0.15, 0.2) is 0 Å². The summed E-state index contributed by atoms with van der Waals surface area (Å²) in [5, 5.41) is 12.7. The molecule has 1 rings (SSSR count). The topological polar surface area (TPSA) is 95.5 Å². The summed E-state index contributed by atoms with van der Waals surface area (Å²) in [5.41, 5.74) is 0. The van der Waals surface area contributed by atoms with Gasteiger partial charge in [-0.15, -0.1) is 0 Å². The fourth-order valence-electron chi connectivity index (χ4n) is 1.81. The molecule has 1 aliphatic heterocycles. The number of rotatable bonds is 4. The van der Waals surface area contributed by atoms with E-state index >= 15 is 0 Å². The minimum atomic E-state index is -5.15. The molecule has 2 amide bonds. The standard InChI is InChI=1S/C10H13F3N2O4/c11-10(12,13)9(19)15-6(8(17)18)4-5-2-1-3-14-7(5)16/h5-6H,1-4H2,(H,14,16)(H,15,19)(H,17,18). The molecule has 0 aromatic rings. The van der Waals surface area contributed by atoms with Gasteiger partial charge in [-0.2, -0.15) is 13.2 Å². The number of carboxylic acid groups (broad SMARTS) is 1. The fourth-order valence-corrected chi connectivity index (χ4v) is 1.81. The van der Waals surface area contributed by atoms with Gasteiger partial charge >= 0.3 is 18.1 Å². The van der Waals surface area contributed by atoms with Crippen LogP contribution in [-0.2, 0) is 14.4 Å². The van der Waals surface area contributed by atoms with Gasteiger partial charge < -0.3 is 15.7 Å². The zero-order valence-corrected chi connectivity index (χ0v) is 9.79. The third-order valence-electron chi connectivity index (χ3n) is 2.78. The number of alkyl halides is 3. The Labute approximate surface area is 106 Å². The second-order valence-electron chi connectivity index (χ2n) is 4.23. The molecule has 0 saturated carbocycles. The Balaban J connectivity index is 2.65. The maximum Gasteiger partial charge on any atom is 0.471 e. The number of aliphatic carboxylic acids is 1. The summed E-state index contributed by atoms with van der Waals surface area (Å²) in [5.74, 6) is -5.03. The highest BCUT2D eigenvalue weighted by molar-refractivity contribution is 5.87. The molecule has 19 heavy (non-hydrogen) atoms. The molecule has 1 heterocycles. The van der Waals surface area contributed by atoms with Crippen molar-refractivity contribution in [1.82, 2.24) is 10.6 Å². The highest BCUT2D eigenvalue weighted by Gasteiger charge is 2.41. The maximum absolute atomic E-state index is 12.0. The molecule has 6 nitrogen and oxygen atoms in total. The van der Waals surface area contributed by atoms with E-state index in [1.807, 2.05) is 0 Å². The van der Waals surface area contributed by atoms with E-state index in [2.05, 4.69) is 5.32 Å². The van der Waals surface area contributed by atoms with Crippen LogP contribution in [0.3, 0.4) is 0 Å². The lowest BCUT2D eigenvalue weighted by molar-refractivity contribution is -0.175.